The average molecular weight is 460 g/mol. The van der Waals surface area contributed by atoms with Crippen LogP contribution in [0.4, 0.5) is 0 Å². The van der Waals surface area contributed by atoms with Gasteiger partial charge >= 0.3 is 0 Å². The van der Waals surface area contributed by atoms with Crippen molar-refractivity contribution in [2.24, 2.45) is 0 Å². The maximum Gasteiger partial charge on any atom is 0.0205 e. The molecule has 0 amide bonds. The van der Waals surface area contributed by atoms with E-state index in [1.807, 2.05) is 0 Å². The van der Waals surface area contributed by atoms with Gasteiger partial charge in [0.05, 0.1) is 0 Å². The van der Waals surface area contributed by atoms with Crippen molar-refractivity contribution >= 4 is 0 Å². The van der Waals surface area contributed by atoms with E-state index in [9.17, 15) is 0 Å². The van der Waals surface area contributed by atoms with Gasteiger partial charge in [0.1, 0.15) is 0 Å². The second-order valence-corrected chi connectivity index (χ2v) is 9.93. The smallest absolute Gasteiger partial charge is 0.0205 e. The molecule has 0 bridgehead atoms. The van der Waals surface area contributed by atoms with Gasteiger partial charge in [0.25, 0.3) is 0 Å². The summed E-state index contributed by atoms with van der Waals surface area (Å²) in [6, 6.07) is 7.22. The molecule has 0 aliphatic heterocycles. The van der Waals surface area contributed by atoms with Gasteiger partial charge in [-0.05, 0) is 55.6 Å². The van der Waals surface area contributed by atoms with E-state index in [-0.39, 0.29) is 0 Å². The van der Waals surface area contributed by atoms with Crippen LogP contribution in [0, 0.1) is 0 Å². The minimum atomic E-state index is 0.989. The van der Waals surface area contributed by atoms with Gasteiger partial charge in [-0.2, -0.15) is 0 Å². The van der Waals surface area contributed by atoms with Crippen LogP contribution in [-0.4, -0.2) is 19.6 Å². The van der Waals surface area contributed by atoms with Crippen molar-refractivity contribution in [1.29, 1.82) is 0 Å². The number of nitrogens with one attached hydrogen (secondary N) is 3. The molecule has 0 saturated heterocycles. The van der Waals surface area contributed by atoms with Crippen LogP contribution in [-0.2, 0) is 19.6 Å². The van der Waals surface area contributed by atoms with Crippen LogP contribution in [0.1, 0.15) is 134 Å². The quantitative estimate of drug-likeness (QED) is 0.138. The van der Waals surface area contributed by atoms with Crippen molar-refractivity contribution < 1.29 is 0 Å². The Morgan fingerprint density at radius 3 is 0.939 bits per heavy atom. The Morgan fingerprint density at radius 1 is 0.394 bits per heavy atom. The molecule has 1 aromatic carbocycles. The molecule has 33 heavy (non-hydrogen) atoms. The van der Waals surface area contributed by atoms with E-state index >= 15 is 0 Å². The summed E-state index contributed by atoms with van der Waals surface area (Å²) in [6.45, 7) is 13.2. The molecule has 0 fully saturated rings. The van der Waals surface area contributed by atoms with Gasteiger partial charge in [0, 0.05) is 19.6 Å². The molecule has 0 saturated carbocycles. The minimum absolute atomic E-state index is 0.989. The van der Waals surface area contributed by atoms with Gasteiger partial charge in [0.15, 0.2) is 0 Å². The Labute approximate surface area is 207 Å². The molecular weight excluding hydrogens is 402 g/mol. The van der Waals surface area contributed by atoms with Crippen molar-refractivity contribution in [3.63, 3.8) is 0 Å². The van der Waals surface area contributed by atoms with Crippen molar-refractivity contribution in [3.8, 4) is 0 Å². The summed E-state index contributed by atoms with van der Waals surface area (Å²) in [4.78, 5) is 0. The van der Waals surface area contributed by atoms with Crippen molar-refractivity contribution in [2.75, 3.05) is 19.6 Å². The van der Waals surface area contributed by atoms with Crippen molar-refractivity contribution in [3.05, 3.63) is 34.9 Å². The van der Waals surface area contributed by atoms with Crippen LogP contribution < -0.4 is 16.0 Å². The maximum absolute atomic E-state index is 3.68. The fraction of sp³-hybridized carbons (Fsp3) is 0.800. The first kappa shape index (κ1) is 30.1. The number of rotatable bonds is 24. The monoisotopic (exact) mass is 459 g/mol. The second-order valence-electron chi connectivity index (χ2n) is 9.93. The van der Waals surface area contributed by atoms with Crippen LogP contribution in [0.25, 0.3) is 0 Å². The molecule has 192 valence electrons. The molecule has 0 spiro atoms. The fourth-order valence-electron chi connectivity index (χ4n) is 4.40. The third-order valence-electron chi connectivity index (χ3n) is 6.47. The Bertz CT molecular complexity index is 455. The highest BCUT2D eigenvalue weighted by Gasteiger charge is 2.03. The first-order chi connectivity index (χ1) is 16.3. The van der Waals surface area contributed by atoms with E-state index in [1.54, 1.807) is 0 Å². The van der Waals surface area contributed by atoms with Crippen molar-refractivity contribution in [2.45, 2.75) is 137 Å². The molecule has 3 nitrogen and oxygen atoms in total. The molecular formula is C30H57N3. The Balaban J connectivity index is 2.44. The van der Waals surface area contributed by atoms with E-state index in [0.29, 0.717) is 0 Å². The molecule has 3 N–H and O–H groups in total. The highest BCUT2D eigenvalue weighted by Crippen LogP contribution is 2.12. The van der Waals surface area contributed by atoms with E-state index < -0.39 is 0 Å². The molecule has 1 rings (SSSR count). The maximum atomic E-state index is 3.68. The Hall–Kier alpha value is -0.900. The zero-order valence-corrected chi connectivity index (χ0v) is 22.6. The fourth-order valence-corrected chi connectivity index (χ4v) is 4.40. The lowest BCUT2D eigenvalue weighted by Crippen LogP contribution is -2.19. The SMILES string of the molecule is CCCCCCCNCc1cc(CNCCCCCCC)cc(CNCCCCCCC)c1. The van der Waals surface area contributed by atoms with Crippen LogP contribution in [0.15, 0.2) is 18.2 Å². The van der Waals surface area contributed by atoms with Crippen LogP contribution >= 0.6 is 0 Å². The lowest BCUT2D eigenvalue weighted by atomic mass is 10.0. The zero-order valence-electron chi connectivity index (χ0n) is 22.6. The van der Waals surface area contributed by atoms with Gasteiger partial charge in [-0.3, -0.25) is 0 Å². The first-order valence-corrected chi connectivity index (χ1v) is 14.5. The van der Waals surface area contributed by atoms with Gasteiger partial charge in [0.2, 0.25) is 0 Å². The van der Waals surface area contributed by atoms with E-state index in [1.165, 1.54) is 113 Å². The van der Waals surface area contributed by atoms with E-state index in [2.05, 4.69) is 54.9 Å². The van der Waals surface area contributed by atoms with Crippen LogP contribution in [0.5, 0.6) is 0 Å². The molecule has 1 aromatic rings. The van der Waals surface area contributed by atoms with Crippen molar-refractivity contribution in [1.82, 2.24) is 16.0 Å². The summed E-state index contributed by atoms with van der Waals surface area (Å²) < 4.78 is 0. The summed E-state index contributed by atoms with van der Waals surface area (Å²) in [6.07, 6.45) is 20.2. The number of hydrogen-bond donors (Lipinski definition) is 3. The molecule has 0 aliphatic carbocycles. The molecule has 0 atom stereocenters. The molecule has 0 unspecified atom stereocenters. The molecule has 0 aliphatic rings. The third kappa shape index (κ3) is 18.1. The predicted octanol–water partition coefficient (Wildman–Crippen LogP) is 7.87. The Kier molecular flexibility index (Phi) is 20.9. The number of benzene rings is 1. The normalized spacial score (nSPS) is 11.4. The molecule has 3 heteroatoms. The third-order valence-corrected chi connectivity index (χ3v) is 6.47. The minimum Gasteiger partial charge on any atom is -0.313 e. The lowest BCUT2D eigenvalue weighted by molar-refractivity contribution is 0.576. The molecule has 0 radical (unpaired) electrons. The lowest BCUT2D eigenvalue weighted by Gasteiger charge is -2.13. The summed E-state index contributed by atoms with van der Waals surface area (Å²) >= 11 is 0. The van der Waals surface area contributed by atoms with Gasteiger partial charge < -0.3 is 16.0 Å². The molecule has 0 aromatic heterocycles. The highest BCUT2D eigenvalue weighted by molar-refractivity contribution is 5.30. The van der Waals surface area contributed by atoms with Gasteiger partial charge in [-0.25, -0.2) is 0 Å². The first-order valence-electron chi connectivity index (χ1n) is 14.5. The van der Waals surface area contributed by atoms with E-state index in [0.717, 1.165) is 39.3 Å². The summed E-state index contributed by atoms with van der Waals surface area (Å²) in [7, 11) is 0. The standard InChI is InChI=1S/C30H57N3/c1-4-7-10-13-16-19-31-25-28-22-29(26-32-20-17-14-11-8-5-2)24-30(23-28)27-33-21-18-15-12-9-6-3/h22-24,31-33H,4-21,25-27H2,1-3H3. The predicted molar refractivity (Wildman–Crippen MR) is 148 cm³/mol. The molecule has 0 heterocycles. The zero-order chi connectivity index (χ0) is 23.8. The van der Waals surface area contributed by atoms with Gasteiger partial charge in [-0.1, -0.05) is 116 Å². The number of hydrogen-bond acceptors (Lipinski definition) is 3. The number of unbranched alkanes of at least 4 members (excludes halogenated alkanes) is 12. The largest absolute Gasteiger partial charge is 0.313 e. The highest BCUT2D eigenvalue weighted by atomic mass is 14.9. The average Bonchev–Trinajstić information content (AvgIpc) is 2.82. The topological polar surface area (TPSA) is 36.1 Å². The van der Waals surface area contributed by atoms with Gasteiger partial charge in [-0.15, -0.1) is 0 Å². The Morgan fingerprint density at radius 2 is 0.667 bits per heavy atom. The van der Waals surface area contributed by atoms with Crippen LogP contribution in [0.2, 0.25) is 0 Å². The summed E-state index contributed by atoms with van der Waals surface area (Å²) in [5, 5.41) is 11.1. The van der Waals surface area contributed by atoms with E-state index in [4.69, 9.17) is 0 Å². The second kappa shape index (κ2) is 22.9. The van der Waals surface area contributed by atoms with Crippen LogP contribution in [0.3, 0.4) is 0 Å². The summed E-state index contributed by atoms with van der Waals surface area (Å²) in [5.74, 6) is 0. The summed E-state index contributed by atoms with van der Waals surface area (Å²) in [5.41, 5.74) is 4.31.